The van der Waals surface area contributed by atoms with Crippen molar-refractivity contribution in [2.45, 2.75) is 33.3 Å². The molecule has 214 valence electrons. The Hall–Kier alpha value is -4.99. The number of aromatic nitrogens is 4. The molecule has 0 atom stereocenters. The van der Waals surface area contributed by atoms with Crippen molar-refractivity contribution in [2.75, 3.05) is 31.1 Å². The molecule has 1 amide bonds. The number of ether oxygens (including phenoxy) is 1. The SMILES string of the molecule is Cc1nn2c(-c3cc(C(=O)O)cc4ncccc34)cnc2cc1-c1ccc(N2CCN(C(=O)OC(C)(C)C)CC2)cc1. The van der Waals surface area contributed by atoms with Gasteiger partial charge in [0.1, 0.15) is 5.60 Å². The van der Waals surface area contributed by atoms with E-state index in [1.165, 1.54) is 0 Å². The molecule has 1 N–H and O–H groups in total. The molecule has 0 saturated carbocycles. The highest BCUT2D eigenvalue weighted by molar-refractivity contribution is 6.01. The maximum Gasteiger partial charge on any atom is 0.410 e. The number of pyridine rings is 1. The van der Waals surface area contributed by atoms with E-state index < -0.39 is 11.6 Å². The summed E-state index contributed by atoms with van der Waals surface area (Å²) in [4.78, 5) is 37.2. The topological polar surface area (TPSA) is 113 Å². The summed E-state index contributed by atoms with van der Waals surface area (Å²) >= 11 is 0. The molecule has 3 aromatic heterocycles. The first-order valence-corrected chi connectivity index (χ1v) is 13.9. The van der Waals surface area contributed by atoms with E-state index in [0.717, 1.165) is 41.0 Å². The van der Waals surface area contributed by atoms with Crippen molar-refractivity contribution in [3.8, 4) is 22.4 Å². The standard InChI is InChI=1S/C32H32N6O4/c1-20-25(21-7-9-23(10-8-21)36-12-14-37(15-13-36)31(41)42-32(2,3)4)18-29-34-19-28(38(29)35-20)26-16-22(30(39)40)17-27-24(26)6-5-11-33-27/h5-11,16-19H,12-15H2,1-4H3,(H,39,40). The van der Waals surface area contributed by atoms with Gasteiger partial charge in [-0.3, -0.25) is 4.98 Å². The zero-order valence-electron chi connectivity index (χ0n) is 24.0. The molecule has 5 aromatic rings. The molecule has 1 aliphatic heterocycles. The van der Waals surface area contributed by atoms with Crippen molar-refractivity contribution in [1.82, 2.24) is 24.5 Å². The second-order valence-electron chi connectivity index (χ2n) is 11.5. The van der Waals surface area contributed by atoms with Crippen LogP contribution in [-0.2, 0) is 4.74 Å². The summed E-state index contributed by atoms with van der Waals surface area (Å²) < 4.78 is 7.27. The first kappa shape index (κ1) is 27.2. The van der Waals surface area contributed by atoms with E-state index in [9.17, 15) is 14.7 Å². The number of imidazole rings is 1. The van der Waals surface area contributed by atoms with Crippen LogP contribution in [0.4, 0.5) is 10.5 Å². The Morgan fingerprint density at radius 1 is 0.929 bits per heavy atom. The largest absolute Gasteiger partial charge is 0.478 e. The molecule has 10 heteroatoms. The third kappa shape index (κ3) is 5.23. The Kier molecular flexibility index (Phi) is 6.76. The van der Waals surface area contributed by atoms with Crippen LogP contribution in [0, 0.1) is 6.92 Å². The van der Waals surface area contributed by atoms with Crippen molar-refractivity contribution in [2.24, 2.45) is 0 Å². The lowest BCUT2D eigenvalue weighted by molar-refractivity contribution is 0.0240. The minimum Gasteiger partial charge on any atom is -0.478 e. The van der Waals surface area contributed by atoms with Crippen molar-refractivity contribution in [1.29, 1.82) is 0 Å². The van der Waals surface area contributed by atoms with Gasteiger partial charge in [-0.2, -0.15) is 5.10 Å². The van der Waals surface area contributed by atoms with Gasteiger partial charge in [0.05, 0.1) is 28.7 Å². The van der Waals surface area contributed by atoms with E-state index >= 15 is 0 Å². The highest BCUT2D eigenvalue weighted by Gasteiger charge is 2.26. The van der Waals surface area contributed by atoms with Crippen LogP contribution in [0.2, 0.25) is 0 Å². The summed E-state index contributed by atoms with van der Waals surface area (Å²) in [6, 6.07) is 17.3. The summed E-state index contributed by atoms with van der Waals surface area (Å²) in [6.45, 7) is 10.3. The molecule has 0 spiro atoms. The van der Waals surface area contributed by atoms with Gasteiger partial charge in [-0.25, -0.2) is 19.1 Å². The molecule has 2 aromatic carbocycles. The van der Waals surface area contributed by atoms with Gasteiger partial charge < -0.3 is 19.6 Å². The van der Waals surface area contributed by atoms with Gasteiger partial charge in [0.15, 0.2) is 5.65 Å². The summed E-state index contributed by atoms with van der Waals surface area (Å²) in [5.41, 5.74) is 6.21. The fraction of sp³-hybridized carbons (Fsp3) is 0.281. The highest BCUT2D eigenvalue weighted by Crippen LogP contribution is 2.32. The summed E-state index contributed by atoms with van der Waals surface area (Å²) in [5.74, 6) is -1.02. The average molecular weight is 565 g/mol. The lowest BCUT2D eigenvalue weighted by Gasteiger charge is -2.36. The van der Waals surface area contributed by atoms with Crippen LogP contribution >= 0.6 is 0 Å². The second-order valence-corrected chi connectivity index (χ2v) is 11.5. The van der Waals surface area contributed by atoms with Crippen LogP contribution in [0.1, 0.15) is 36.8 Å². The number of hydrogen-bond donors (Lipinski definition) is 1. The molecule has 0 aliphatic carbocycles. The molecule has 4 heterocycles. The first-order chi connectivity index (χ1) is 20.1. The number of amides is 1. The monoisotopic (exact) mass is 564 g/mol. The van der Waals surface area contributed by atoms with Crippen LogP contribution in [0.3, 0.4) is 0 Å². The lowest BCUT2D eigenvalue weighted by atomic mass is 10.0. The summed E-state index contributed by atoms with van der Waals surface area (Å²) in [6.07, 6.45) is 3.10. The predicted octanol–water partition coefficient (Wildman–Crippen LogP) is 5.68. The number of nitrogens with zero attached hydrogens (tertiary/aromatic N) is 6. The number of aryl methyl sites for hydroxylation is 1. The average Bonchev–Trinajstić information content (AvgIpc) is 3.37. The van der Waals surface area contributed by atoms with Crippen molar-refractivity contribution in [3.05, 3.63) is 78.2 Å². The van der Waals surface area contributed by atoms with Gasteiger partial charge in [0.25, 0.3) is 0 Å². The number of rotatable bonds is 4. The van der Waals surface area contributed by atoms with Crippen LogP contribution in [0.15, 0.2) is 67.0 Å². The Morgan fingerprint density at radius 3 is 2.36 bits per heavy atom. The van der Waals surface area contributed by atoms with E-state index in [1.54, 1.807) is 33.9 Å². The second kappa shape index (κ2) is 10.4. The molecule has 10 nitrogen and oxygen atoms in total. The molecular formula is C32H32N6O4. The number of hydrogen-bond acceptors (Lipinski definition) is 7. The number of carbonyl (C=O) groups is 2. The van der Waals surface area contributed by atoms with Gasteiger partial charge >= 0.3 is 12.1 Å². The van der Waals surface area contributed by atoms with Gasteiger partial charge in [-0.05, 0) is 69.7 Å². The minimum atomic E-state index is -1.02. The number of carboxylic acid groups (broad SMARTS) is 1. The number of fused-ring (bicyclic) bond motifs is 2. The number of carboxylic acids is 1. The van der Waals surface area contributed by atoms with Crippen molar-refractivity contribution in [3.63, 3.8) is 0 Å². The fourth-order valence-electron chi connectivity index (χ4n) is 5.32. The molecule has 42 heavy (non-hydrogen) atoms. The first-order valence-electron chi connectivity index (χ1n) is 13.9. The summed E-state index contributed by atoms with van der Waals surface area (Å²) in [5, 5.41) is 15.4. The Balaban J connectivity index is 1.25. The van der Waals surface area contributed by atoms with Gasteiger partial charge in [0, 0.05) is 54.6 Å². The third-order valence-electron chi connectivity index (χ3n) is 7.40. The Morgan fingerprint density at radius 2 is 1.67 bits per heavy atom. The molecule has 1 fully saturated rings. The molecule has 0 unspecified atom stereocenters. The number of aromatic carboxylic acids is 1. The van der Waals surface area contributed by atoms with E-state index in [-0.39, 0.29) is 11.7 Å². The maximum absolute atomic E-state index is 12.4. The third-order valence-corrected chi connectivity index (χ3v) is 7.40. The smallest absolute Gasteiger partial charge is 0.410 e. The molecule has 1 aliphatic rings. The number of carbonyl (C=O) groups excluding carboxylic acids is 1. The normalized spacial score (nSPS) is 14.0. The lowest BCUT2D eigenvalue weighted by Crippen LogP contribution is -2.50. The molecule has 0 bridgehead atoms. The van der Waals surface area contributed by atoms with Gasteiger partial charge in [0.2, 0.25) is 0 Å². The molecule has 6 rings (SSSR count). The van der Waals surface area contributed by atoms with Crippen molar-refractivity contribution < 1.29 is 19.4 Å². The fourth-order valence-corrected chi connectivity index (χ4v) is 5.32. The quantitative estimate of drug-likeness (QED) is 0.297. The Labute approximate surface area is 243 Å². The highest BCUT2D eigenvalue weighted by atomic mass is 16.6. The Bertz CT molecular complexity index is 1820. The van der Waals surface area contributed by atoms with Gasteiger partial charge in [-0.15, -0.1) is 0 Å². The minimum absolute atomic E-state index is 0.158. The zero-order chi connectivity index (χ0) is 29.6. The molecule has 1 saturated heterocycles. The van der Waals surface area contributed by atoms with E-state index in [1.807, 2.05) is 45.9 Å². The summed E-state index contributed by atoms with van der Waals surface area (Å²) in [7, 11) is 0. The number of benzene rings is 2. The number of anilines is 1. The predicted molar refractivity (Wildman–Crippen MR) is 161 cm³/mol. The van der Waals surface area contributed by atoms with Crippen LogP contribution < -0.4 is 4.90 Å². The van der Waals surface area contributed by atoms with E-state index in [2.05, 4.69) is 39.1 Å². The maximum atomic E-state index is 12.4. The molecular weight excluding hydrogens is 532 g/mol. The van der Waals surface area contributed by atoms with E-state index in [0.29, 0.717) is 35.5 Å². The van der Waals surface area contributed by atoms with Gasteiger partial charge in [-0.1, -0.05) is 18.2 Å². The molecule has 0 radical (unpaired) electrons. The van der Waals surface area contributed by atoms with Crippen LogP contribution in [0.5, 0.6) is 0 Å². The van der Waals surface area contributed by atoms with E-state index in [4.69, 9.17) is 9.84 Å². The van der Waals surface area contributed by atoms with Crippen LogP contribution in [0.25, 0.3) is 38.9 Å². The van der Waals surface area contributed by atoms with Crippen LogP contribution in [-0.4, -0.2) is 73.4 Å². The van der Waals surface area contributed by atoms with Crippen molar-refractivity contribution >= 4 is 34.3 Å². The number of piperazine rings is 1. The zero-order valence-corrected chi connectivity index (χ0v) is 24.0.